The third kappa shape index (κ3) is 2.47. The van der Waals surface area contributed by atoms with E-state index in [1.165, 1.54) is 5.56 Å². The summed E-state index contributed by atoms with van der Waals surface area (Å²) in [4.78, 5) is 4.51. The molecule has 1 N–H and O–H groups in total. The van der Waals surface area contributed by atoms with Crippen LogP contribution in [-0.4, -0.2) is 21.3 Å². The minimum absolute atomic E-state index is 0.0538. The Morgan fingerprint density at radius 2 is 2.28 bits per heavy atom. The lowest BCUT2D eigenvalue weighted by Gasteiger charge is -2.20. The van der Waals surface area contributed by atoms with Crippen molar-refractivity contribution in [3.63, 3.8) is 0 Å². The summed E-state index contributed by atoms with van der Waals surface area (Å²) in [6.45, 7) is 5.05. The Hall–Kier alpha value is -1.20. The smallest absolute Gasteiger partial charge is 0.0935 e. The van der Waals surface area contributed by atoms with Crippen LogP contribution in [0.4, 0.5) is 0 Å². The number of aromatic nitrogens is 3. The highest BCUT2D eigenvalue weighted by molar-refractivity contribution is 9.10. The molecule has 0 radical (unpaired) electrons. The molecule has 1 atom stereocenters. The van der Waals surface area contributed by atoms with Gasteiger partial charge in [0.1, 0.15) is 0 Å². The Morgan fingerprint density at radius 1 is 1.50 bits per heavy atom. The fraction of sp³-hybridized carbons (Fsp3) is 0.385. The zero-order valence-corrected chi connectivity index (χ0v) is 12.4. The molecule has 2 aromatic heterocycles. The summed E-state index contributed by atoms with van der Waals surface area (Å²) in [6, 6.07) is 4.09. The predicted molar refractivity (Wildman–Crippen MR) is 75.4 cm³/mol. The molecule has 0 amide bonds. The van der Waals surface area contributed by atoms with Crippen molar-refractivity contribution in [1.82, 2.24) is 20.1 Å². The average Bonchev–Trinajstić information content (AvgIpc) is 2.68. The summed E-state index contributed by atoms with van der Waals surface area (Å²) in [5.41, 5.74) is 3.32. The molecule has 0 spiro atoms. The lowest BCUT2D eigenvalue weighted by molar-refractivity contribution is 0.557. The summed E-state index contributed by atoms with van der Waals surface area (Å²) in [5.74, 6) is 0. The number of hydrogen-bond acceptors (Lipinski definition) is 3. The van der Waals surface area contributed by atoms with Crippen LogP contribution in [0.1, 0.15) is 29.9 Å². The average molecular weight is 309 g/mol. The van der Waals surface area contributed by atoms with Gasteiger partial charge in [0.2, 0.25) is 0 Å². The van der Waals surface area contributed by atoms with E-state index < -0.39 is 0 Å². The molecule has 4 nitrogen and oxygen atoms in total. The van der Waals surface area contributed by atoms with Crippen molar-refractivity contribution in [1.29, 1.82) is 0 Å². The van der Waals surface area contributed by atoms with Crippen molar-refractivity contribution in [2.24, 2.45) is 7.05 Å². The second-order valence-electron chi connectivity index (χ2n) is 4.20. The second-order valence-corrected chi connectivity index (χ2v) is 5.05. The van der Waals surface area contributed by atoms with E-state index in [0.29, 0.717) is 0 Å². The maximum atomic E-state index is 4.51. The molecule has 0 aliphatic rings. The van der Waals surface area contributed by atoms with E-state index in [4.69, 9.17) is 0 Å². The zero-order chi connectivity index (χ0) is 13.1. The fourth-order valence-electron chi connectivity index (χ4n) is 2.07. The third-order valence-corrected chi connectivity index (χ3v) is 3.55. The van der Waals surface area contributed by atoms with Crippen molar-refractivity contribution in [2.45, 2.75) is 19.9 Å². The van der Waals surface area contributed by atoms with Crippen LogP contribution >= 0.6 is 15.9 Å². The first kappa shape index (κ1) is 13.2. The molecule has 0 aliphatic heterocycles. The lowest BCUT2D eigenvalue weighted by atomic mass is 10.0. The van der Waals surface area contributed by atoms with Gasteiger partial charge in [-0.25, -0.2) is 0 Å². The van der Waals surface area contributed by atoms with Gasteiger partial charge in [-0.3, -0.25) is 9.67 Å². The number of aryl methyl sites for hydroxylation is 2. The quantitative estimate of drug-likeness (QED) is 0.944. The van der Waals surface area contributed by atoms with Gasteiger partial charge in [0.05, 0.1) is 28.1 Å². The summed E-state index contributed by atoms with van der Waals surface area (Å²) in [5, 5.41) is 7.75. The Bertz CT molecular complexity index is 516. The molecule has 96 valence electrons. The van der Waals surface area contributed by atoms with Crippen LogP contribution in [0.2, 0.25) is 0 Å². The van der Waals surface area contributed by atoms with Crippen molar-refractivity contribution in [3.8, 4) is 0 Å². The molecule has 2 aromatic rings. The van der Waals surface area contributed by atoms with E-state index in [1.54, 1.807) is 0 Å². The molecule has 0 aliphatic carbocycles. The van der Waals surface area contributed by atoms with Crippen molar-refractivity contribution in [2.75, 3.05) is 6.54 Å². The molecular weight excluding hydrogens is 292 g/mol. The van der Waals surface area contributed by atoms with Crippen molar-refractivity contribution in [3.05, 3.63) is 46.0 Å². The predicted octanol–water partition coefficient (Wildman–Crippen LogP) is 2.58. The molecule has 0 saturated carbocycles. The minimum Gasteiger partial charge on any atom is -0.304 e. The zero-order valence-electron chi connectivity index (χ0n) is 10.8. The number of rotatable bonds is 4. The van der Waals surface area contributed by atoms with Crippen LogP contribution in [0.25, 0.3) is 0 Å². The van der Waals surface area contributed by atoms with Crippen LogP contribution in [-0.2, 0) is 7.05 Å². The molecule has 5 heteroatoms. The van der Waals surface area contributed by atoms with Crippen LogP contribution in [0.3, 0.4) is 0 Å². The molecule has 0 bridgehead atoms. The molecule has 1 unspecified atom stereocenters. The first-order chi connectivity index (χ1) is 8.65. The van der Waals surface area contributed by atoms with E-state index in [9.17, 15) is 0 Å². The lowest BCUT2D eigenvalue weighted by Crippen LogP contribution is -2.26. The fourth-order valence-corrected chi connectivity index (χ4v) is 2.65. The maximum absolute atomic E-state index is 4.51. The van der Waals surface area contributed by atoms with Gasteiger partial charge in [-0.15, -0.1) is 0 Å². The number of hydrogen-bond donors (Lipinski definition) is 1. The highest BCUT2D eigenvalue weighted by Crippen LogP contribution is 2.28. The first-order valence-corrected chi connectivity index (χ1v) is 6.76. The molecule has 0 aromatic carbocycles. The van der Waals surface area contributed by atoms with E-state index in [0.717, 1.165) is 22.4 Å². The summed E-state index contributed by atoms with van der Waals surface area (Å²) >= 11 is 3.56. The standard InChI is InChI=1S/C13H17BrN4/c1-4-15-12(11-9(2)6-5-7-16-11)13-10(14)8-17-18(13)3/h5-8,12,15H,4H2,1-3H3. The van der Waals surface area contributed by atoms with E-state index in [2.05, 4.69) is 51.2 Å². The van der Waals surface area contributed by atoms with E-state index >= 15 is 0 Å². The van der Waals surface area contributed by atoms with Gasteiger partial charge < -0.3 is 5.32 Å². The molecule has 2 rings (SSSR count). The van der Waals surface area contributed by atoms with Gasteiger partial charge >= 0.3 is 0 Å². The van der Waals surface area contributed by atoms with E-state index in [-0.39, 0.29) is 6.04 Å². The van der Waals surface area contributed by atoms with Gasteiger partial charge in [-0.2, -0.15) is 5.10 Å². The number of pyridine rings is 1. The summed E-state index contributed by atoms with van der Waals surface area (Å²) < 4.78 is 2.88. The molecular formula is C13H17BrN4. The third-order valence-electron chi connectivity index (χ3n) is 2.94. The SMILES string of the molecule is CCNC(c1ncccc1C)c1c(Br)cnn1C. The second kappa shape index (κ2) is 5.63. The Kier molecular flexibility index (Phi) is 4.14. The Labute approximate surface area is 116 Å². The Balaban J connectivity index is 2.50. The van der Waals surface area contributed by atoms with Gasteiger partial charge in [0, 0.05) is 13.2 Å². The van der Waals surface area contributed by atoms with Crippen molar-refractivity contribution < 1.29 is 0 Å². The van der Waals surface area contributed by atoms with Crippen LogP contribution < -0.4 is 5.32 Å². The highest BCUT2D eigenvalue weighted by atomic mass is 79.9. The first-order valence-electron chi connectivity index (χ1n) is 5.97. The van der Waals surface area contributed by atoms with E-state index in [1.807, 2.05) is 30.2 Å². The van der Waals surface area contributed by atoms with Crippen LogP contribution in [0.5, 0.6) is 0 Å². The van der Waals surface area contributed by atoms with Crippen LogP contribution in [0.15, 0.2) is 29.0 Å². The summed E-state index contributed by atoms with van der Waals surface area (Å²) in [7, 11) is 1.95. The van der Waals surface area contributed by atoms with Crippen molar-refractivity contribution >= 4 is 15.9 Å². The topological polar surface area (TPSA) is 42.7 Å². The molecule has 2 heterocycles. The van der Waals surface area contributed by atoms with Gasteiger partial charge in [-0.1, -0.05) is 13.0 Å². The Morgan fingerprint density at radius 3 is 2.83 bits per heavy atom. The number of nitrogens with zero attached hydrogens (tertiary/aromatic N) is 3. The molecule has 0 saturated heterocycles. The molecule has 18 heavy (non-hydrogen) atoms. The monoisotopic (exact) mass is 308 g/mol. The van der Waals surface area contributed by atoms with Gasteiger partial charge in [-0.05, 0) is 41.0 Å². The normalized spacial score (nSPS) is 12.7. The number of nitrogens with one attached hydrogen (secondary N) is 1. The molecule has 0 fully saturated rings. The highest BCUT2D eigenvalue weighted by Gasteiger charge is 2.22. The van der Waals surface area contributed by atoms with Gasteiger partial charge in [0.15, 0.2) is 0 Å². The van der Waals surface area contributed by atoms with Gasteiger partial charge in [0.25, 0.3) is 0 Å². The number of halogens is 1. The maximum Gasteiger partial charge on any atom is 0.0935 e. The largest absolute Gasteiger partial charge is 0.304 e. The minimum atomic E-state index is 0.0538. The summed E-state index contributed by atoms with van der Waals surface area (Å²) in [6.07, 6.45) is 3.65. The van der Waals surface area contributed by atoms with Crippen LogP contribution in [0, 0.1) is 6.92 Å².